The van der Waals surface area contributed by atoms with E-state index in [0.717, 1.165) is 0 Å². The lowest BCUT2D eigenvalue weighted by atomic mass is 10.2. The number of hydrogen-bond donors (Lipinski definition) is 1. The van der Waals surface area contributed by atoms with Gasteiger partial charge in [-0.2, -0.15) is 0 Å². The Balaban J connectivity index is 1.92. The molecule has 0 saturated heterocycles. The van der Waals surface area contributed by atoms with Crippen LogP contribution >= 0.6 is 0 Å². The number of esters is 1. The number of ether oxygens (including phenoxy) is 3. The van der Waals surface area contributed by atoms with Crippen LogP contribution in [0.4, 0.5) is 4.39 Å². The predicted molar refractivity (Wildman–Crippen MR) is 83.2 cm³/mol. The minimum atomic E-state index is -0.592. The standard InChI is InChI=1S/C17H16FNO5/c1-22-15-7-2-11(8-14(15)18)9-24-17(21)12-3-5-13(6-4-12)23-10-16(19)20/h2-8H,9-10H2,1H3,(H2,19,20). The highest BCUT2D eigenvalue weighted by Gasteiger charge is 2.09. The third-order valence-electron chi connectivity index (χ3n) is 3.06. The van der Waals surface area contributed by atoms with Crippen molar-refractivity contribution in [2.75, 3.05) is 13.7 Å². The third kappa shape index (κ3) is 4.70. The predicted octanol–water partition coefficient (Wildman–Crippen LogP) is 2.06. The molecule has 0 aliphatic carbocycles. The summed E-state index contributed by atoms with van der Waals surface area (Å²) >= 11 is 0. The average molecular weight is 333 g/mol. The van der Waals surface area contributed by atoms with Gasteiger partial charge in [0.15, 0.2) is 18.2 Å². The van der Waals surface area contributed by atoms with Crippen LogP contribution in [0.2, 0.25) is 0 Å². The van der Waals surface area contributed by atoms with E-state index in [-0.39, 0.29) is 19.0 Å². The van der Waals surface area contributed by atoms with Crippen LogP contribution in [0.25, 0.3) is 0 Å². The highest BCUT2D eigenvalue weighted by atomic mass is 19.1. The van der Waals surface area contributed by atoms with E-state index in [2.05, 4.69) is 0 Å². The molecular formula is C17H16FNO5. The summed E-state index contributed by atoms with van der Waals surface area (Å²) in [6.07, 6.45) is 0. The van der Waals surface area contributed by atoms with E-state index in [9.17, 15) is 14.0 Å². The van der Waals surface area contributed by atoms with Crippen molar-refractivity contribution >= 4 is 11.9 Å². The van der Waals surface area contributed by atoms with Crippen LogP contribution in [0.3, 0.4) is 0 Å². The molecule has 0 fully saturated rings. The topological polar surface area (TPSA) is 87.8 Å². The summed E-state index contributed by atoms with van der Waals surface area (Å²) in [7, 11) is 1.37. The Morgan fingerprint density at radius 2 is 1.83 bits per heavy atom. The van der Waals surface area contributed by atoms with E-state index in [1.54, 1.807) is 6.07 Å². The van der Waals surface area contributed by atoms with Crippen molar-refractivity contribution in [1.82, 2.24) is 0 Å². The SMILES string of the molecule is COc1ccc(COC(=O)c2ccc(OCC(N)=O)cc2)cc1F. The Kier molecular flexibility index (Phi) is 5.73. The highest BCUT2D eigenvalue weighted by molar-refractivity contribution is 5.89. The second-order valence-electron chi connectivity index (χ2n) is 4.82. The summed E-state index contributed by atoms with van der Waals surface area (Å²) in [4.78, 5) is 22.6. The zero-order valence-electron chi connectivity index (χ0n) is 13.0. The summed E-state index contributed by atoms with van der Waals surface area (Å²) in [5, 5.41) is 0. The molecule has 0 atom stereocenters. The average Bonchev–Trinajstić information content (AvgIpc) is 2.58. The van der Waals surface area contributed by atoms with Gasteiger partial charge < -0.3 is 19.9 Å². The van der Waals surface area contributed by atoms with Crippen LogP contribution < -0.4 is 15.2 Å². The van der Waals surface area contributed by atoms with Gasteiger partial charge in [-0.25, -0.2) is 9.18 Å². The van der Waals surface area contributed by atoms with Gasteiger partial charge in [-0.15, -0.1) is 0 Å². The first-order valence-corrected chi connectivity index (χ1v) is 7.00. The summed E-state index contributed by atoms with van der Waals surface area (Å²) in [5.41, 5.74) is 5.77. The van der Waals surface area contributed by atoms with E-state index in [1.807, 2.05) is 0 Å². The summed E-state index contributed by atoms with van der Waals surface area (Å²) < 4.78 is 28.6. The Hall–Kier alpha value is -3.09. The fraction of sp³-hybridized carbons (Fsp3) is 0.176. The maximum absolute atomic E-state index is 13.6. The number of nitrogens with two attached hydrogens (primary N) is 1. The Morgan fingerprint density at radius 3 is 2.42 bits per heavy atom. The molecule has 0 aliphatic heterocycles. The van der Waals surface area contributed by atoms with Crippen LogP contribution in [0, 0.1) is 5.82 Å². The van der Waals surface area contributed by atoms with Gasteiger partial charge in [0.05, 0.1) is 12.7 Å². The van der Waals surface area contributed by atoms with Crippen molar-refractivity contribution in [3.63, 3.8) is 0 Å². The zero-order chi connectivity index (χ0) is 17.5. The van der Waals surface area contributed by atoms with Gasteiger partial charge in [0.1, 0.15) is 12.4 Å². The molecule has 0 unspecified atom stereocenters. The largest absolute Gasteiger partial charge is 0.494 e. The normalized spacial score (nSPS) is 10.1. The van der Waals surface area contributed by atoms with Crippen LogP contribution in [-0.2, 0) is 16.1 Å². The fourth-order valence-electron chi connectivity index (χ4n) is 1.87. The van der Waals surface area contributed by atoms with Crippen LogP contribution in [-0.4, -0.2) is 25.6 Å². The maximum atomic E-state index is 13.6. The first kappa shape index (κ1) is 17.3. The minimum absolute atomic E-state index is 0.0698. The summed E-state index contributed by atoms with van der Waals surface area (Å²) in [5.74, 6) is -1.15. The van der Waals surface area contributed by atoms with E-state index >= 15 is 0 Å². The van der Waals surface area contributed by atoms with Gasteiger partial charge in [-0.05, 0) is 42.0 Å². The second kappa shape index (κ2) is 7.96. The molecule has 24 heavy (non-hydrogen) atoms. The number of amides is 1. The number of methoxy groups -OCH3 is 1. The third-order valence-corrected chi connectivity index (χ3v) is 3.06. The molecule has 126 valence electrons. The molecule has 0 spiro atoms. The van der Waals surface area contributed by atoms with Gasteiger partial charge in [-0.3, -0.25) is 4.79 Å². The molecule has 0 saturated carbocycles. The van der Waals surface area contributed by atoms with E-state index in [0.29, 0.717) is 16.9 Å². The lowest BCUT2D eigenvalue weighted by molar-refractivity contribution is -0.119. The van der Waals surface area contributed by atoms with E-state index in [4.69, 9.17) is 19.9 Å². The summed E-state index contributed by atoms with van der Waals surface area (Å²) in [6.45, 7) is -0.313. The molecule has 0 bridgehead atoms. The molecule has 2 aromatic rings. The molecule has 2 N–H and O–H groups in total. The number of hydrogen-bond acceptors (Lipinski definition) is 5. The first-order valence-electron chi connectivity index (χ1n) is 7.00. The Morgan fingerprint density at radius 1 is 1.12 bits per heavy atom. The van der Waals surface area contributed by atoms with Gasteiger partial charge in [0.2, 0.25) is 0 Å². The highest BCUT2D eigenvalue weighted by Crippen LogP contribution is 2.19. The van der Waals surface area contributed by atoms with Gasteiger partial charge in [0, 0.05) is 0 Å². The van der Waals surface area contributed by atoms with Crippen LogP contribution in [0.5, 0.6) is 11.5 Å². The first-order chi connectivity index (χ1) is 11.5. The molecule has 2 aromatic carbocycles. The number of rotatable bonds is 7. The summed E-state index contributed by atoms with van der Waals surface area (Å²) in [6, 6.07) is 10.3. The van der Waals surface area contributed by atoms with Crippen molar-refractivity contribution in [3.8, 4) is 11.5 Å². The van der Waals surface area contributed by atoms with Crippen molar-refractivity contribution in [2.45, 2.75) is 6.61 Å². The Labute approximate surface area is 137 Å². The lowest BCUT2D eigenvalue weighted by Crippen LogP contribution is -2.20. The second-order valence-corrected chi connectivity index (χ2v) is 4.82. The monoisotopic (exact) mass is 333 g/mol. The molecule has 0 aliphatic rings. The molecule has 0 heterocycles. The molecule has 0 radical (unpaired) electrons. The number of halogens is 1. The zero-order valence-corrected chi connectivity index (χ0v) is 13.0. The number of benzene rings is 2. The van der Waals surface area contributed by atoms with Crippen molar-refractivity contribution in [3.05, 3.63) is 59.4 Å². The van der Waals surface area contributed by atoms with Crippen molar-refractivity contribution in [2.24, 2.45) is 5.73 Å². The molecule has 2 rings (SSSR count). The quantitative estimate of drug-likeness (QED) is 0.784. The molecule has 6 nitrogen and oxygen atoms in total. The fourth-order valence-corrected chi connectivity index (χ4v) is 1.87. The Bertz CT molecular complexity index is 730. The van der Waals surface area contributed by atoms with Crippen molar-refractivity contribution in [1.29, 1.82) is 0 Å². The maximum Gasteiger partial charge on any atom is 0.338 e. The van der Waals surface area contributed by atoms with Crippen LogP contribution in [0.15, 0.2) is 42.5 Å². The molecule has 7 heteroatoms. The van der Waals surface area contributed by atoms with Gasteiger partial charge in [-0.1, -0.05) is 6.07 Å². The minimum Gasteiger partial charge on any atom is -0.494 e. The van der Waals surface area contributed by atoms with E-state index < -0.39 is 17.7 Å². The molecule has 0 aromatic heterocycles. The molecular weight excluding hydrogens is 317 g/mol. The molecule has 1 amide bonds. The van der Waals surface area contributed by atoms with Gasteiger partial charge in [0.25, 0.3) is 5.91 Å². The van der Waals surface area contributed by atoms with Crippen molar-refractivity contribution < 1.29 is 28.2 Å². The van der Waals surface area contributed by atoms with E-state index in [1.165, 1.54) is 43.5 Å². The number of carbonyl (C=O) groups is 2. The lowest BCUT2D eigenvalue weighted by Gasteiger charge is -2.08. The number of carbonyl (C=O) groups excluding carboxylic acids is 2. The van der Waals surface area contributed by atoms with Gasteiger partial charge >= 0.3 is 5.97 Å². The van der Waals surface area contributed by atoms with Crippen LogP contribution in [0.1, 0.15) is 15.9 Å². The number of primary amides is 1. The smallest absolute Gasteiger partial charge is 0.338 e.